The smallest absolute Gasteiger partial charge is 0.133 e. The monoisotopic (exact) mass is 281 g/mol. The van der Waals surface area contributed by atoms with Gasteiger partial charge in [-0.15, -0.1) is 0 Å². The van der Waals surface area contributed by atoms with Crippen LogP contribution in [0.1, 0.15) is 44.2 Å². The van der Waals surface area contributed by atoms with Crippen molar-refractivity contribution in [2.75, 3.05) is 0 Å². The lowest BCUT2D eigenvalue weighted by Gasteiger charge is -2.21. The Balaban J connectivity index is 2.20. The van der Waals surface area contributed by atoms with E-state index in [1.165, 1.54) is 0 Å². The van der Waals surface area contributed by atoms with Crippen LogP contribution in [0.15, 0.2) is 48.5 Å². The first kappa shape index (κ1) is 15.3. The number of hydrogen-bond donors (Lipinski definition) is 0. The zero-order valence-electron chi connectivity index (χ0n) is 12.6. The van der Waals surface area contributed by atoms with Gasteiger partial charge in [0.1, 0.15) is 5.67 Å². The van der Waals surface area contributed by atoms with Crippen molar-refractivity contribution in [1.82, 2.24) is 0 Å². The lowest BCUT2D eigenvalue weighted by Crippen LogP contribution is -2.14. The highest BCUT2D eigenvalue weighted by Gasteiger charge is 2.24. The average molecular weight is 281 g/mol. The van der Waals surface area contributed by atoms with Crippen LogP contribution in [-0.4, -0.2) is 0 Å². The maximum absolute atomic E-state index is 14.6. The molecule has 0 N–H and O–H groups in total. The average Bonchev–Trinajstić information content (AvgIpc) is 2.53. The predicted octanol–water partition coefficient (Wildman–Crippen LogP) is 5.60. The molecule has 0 amide bonds. The maximum Gasteiger partial charge on any atom is 0.133 e. The molecule has 0 radical (unpaired) electrons. The first-order valence-electron chi connectivity index (χ1n) is 7.37. The molecule has 0 aromatic heterocycles. The Hall–Kier alpha value is -2.14. The number of halogens is 1. The number of benzene rings is 2. The summed E-state index contributed by atoms with van der Waals surface area (Å²) in [6, 6.07) is 17.1. The molecule has 0 spiro atoms. The number of alkyl halides is 1. The third kappa shape index (κ3) is 3.70. The molecule has 0 unspecified atom stereocenters. The van der Waals surface area contributed by atoms with Crippen molar-refractivity contribution in [1.29, 1.82) is 5.26 Å². The predicted molar refractivity (Wildman–Crippen MR) is 84.6 cm³/mol. The van der Waals surface area contributed by atoms with E-state index in [1.807, 2.05) is 36.4 Å². The van der Waals surface area contributed by atoms with Crippen molar-refractivity contribution >= 4 is 0 Å². The van der Waals surface area contributed by atoms with Crippen LogP contribution in [0.25, 0.3) is 11.1 Å². The summed E-state index contributed by atoms with van der Waals surface area (Å²) in [5, 5.41) is 8.80. The van der Waals surface area contributed by atoms with E-state index in [0.717, 1.165) is 29.5 Å². The third-order valence-electron chi connectivity index (χ3n) is 3.83. The van der Waals surface area contributed by atoms with Gasteiger partial charge >= 0.3 is 0 Å². The minimum absolute atomic E-state index is 0.555. The first-order valence-corrected chi connectivity index (χ1v) is 7.37. The standard InChI is InChI=1S/C19H20FN/c1-3-4-13-19(2,20)18-11-9-17(10-12-18)16-7-5-15(14-21)6-8-16/h5-12H,3-4,13H2,1-2H3/t19-/m1/s1. The van der Waals surface area contributed by atoms with Crippen LogP contribution in [0.4, 0.5) is 4.39 Å². The quantitative estimate of drug-likeness (QED) is 0.699. The summed E-state index contributed by atoms with van der Waals surface area (Å²) in [7, 11) is 0. The van der Waals surface area contributed by atoms with Gasteiger partial charge in [0.05, 0.1) is 11.6 Å². The van der Waals surface area contributed by atoms with Crippen LogP contribution in [0, 0.1) is 11.3 Å². The highest BCUT2D eigenvalue weighted by molar-refractivity contribution is 5.64. The molecule has 1 nitrogen and oxygen atoms in total. The Morgan fingerprint density at radius 1 is 1.00 bits per heavy atom. The molecule has 0 aliphatic rings. The van der Waals surface area contributed by atoms with Gasteiger partial charge in [-0.3, -0.25) is 0 Å². The SMILES string of the molecule is CCCC[C@@](C)(F)c1ccc(-c2ccc(C#N)cc2)cc1. The van der Waals surface area contributed by atoms with Gasteiger partial charge in [-0.1, -0.05) is 56.2 Å². The molecule has 0 heterocycles. The Kier molecular flexibility index (Phi) is 4.75. The molecule has 108 valence electrons. The molecule has 2 aromatic rings. The fraction of sp³-hybridized carbons (Fsp3) is 0.316. The van der Waals surface area contributed by atoms with Crippen LogP contribution in [-0.2, 0) is 5.67 Å². The summed E-state index contributed by atoms with van der Waals surface area (Å²) in [4.78, 5) is 0. The topological polar surface area (TPSA) is 23.8 Å². The molecule has 0 fully saturated rings. The van der Waals surface area contributed by atoms with Gasteiger partial charge in [-0.05, 0) is 42.2 Å². The van der Waals surface area contributed by atoms with Gasteiger partial charge in [0.25, 0.3) is 0 Å². The number of nitriles is 1. The number of hydrogen-bond acceptors (Lipinski definition) is 1. The minimum atomic E-state index is -1.26. The lowest BCUT2D eigenvalue weighted by molar-refractivity contribution is 0.172. The van der Waals surface area contributed by atoms with Crippen molar-refractivity contribution in [2.24, 2.45) is 0 Å². The molecular weight excluding hydrogens is 261 g/mol. The number of nitrogens with zero attached hydrogens (tertiary/aromatic N) is 1. The first-order chi connectivity index (χ1) is 10.1. The van der Waals surface area contributed by atoms with Gasteiger partial charge in [-0.2, -0.15) is 5.26 Å². The van der Waals surface area contributed by atoms with E-state index < -0.39 is 5.67 Å². The lowest BCUT2D eigenvalue weighted by atomic mass is 9.91. The summed E-state index contributed by atoms with van der Waals surface area (Å²) >= 11 is 0. The van der Waals surface area contributed by atoms with E-state index in [9.17, 15) is 4.39 Å². The van der Waals surface area contributed by atoms with Crippen LogP contribution < -0.4 is 0 Å². The molecule has 2 heteroatoms. The highest BCUT2D eigenvalue weighted by Crippen LogP contribution is 2.32. The summed E-state index contributed by atoms with van der Waals surface area (Å²) in [5.74, 6) is 0. The van der Waals surface area contributed by atoms with Gasteiger partial charge in [-0.25, -0.2) is 4.39 Å². The second-order valence-electron chi connectivity index (χ2n) is 5.57. The number of rotatable bonds is 5. The Morgan fingerprint density at radius 3 is 2.00 bits per heavy atom. The summed E-state index contributed by atoms with van der Waals surface area (Å²) in [6.07, 6.45) is 2.45. The maximum atomic E-state index is 14.6. The zero-order chi connectivity index (χ0) is 15.3. The third-order valence-corrected chi connectivity index (χ3v) is 3.83. The second kappa shape index (κ2) is 6.54. The van der Waals surface area contributed by atoms with Crippen LogP contribution >= 0.6 is 0 Å². The van der Waals surface area contributed by atoms with Gasteiger partial charge < -0.3 is 0 Å². The van der Waals surface area contributed by atoms with E-state index in [1.54, 1.807) is 19.1 Å². The number of unbranched alkanes of at least 4 members (excludes halogenated alkanes) is 1. The van der Waals surface area contributed by atoms with Crippen LogP contribution in [0.3, 0.4) is 0 Å². The normalized spacial score (nSPS) is 13.4. The van der Waals surface area contributed by atoms with Crippen molar-refractivity contribution < 1.29 is 4.39 Å². The molecule has 21 heavy (non-hydrogen) atoms. The fourth-order valence-corrected chi connectivity index (χ4v) is 2.40. The van der Waals surface area contributed by atoms with Crippen molar-refractivity contribution in [2.45, 2.75) is 38.8 Å². The van der Waals surface area contributed by atoms with Gasteiger partial charge in [0, 0.05) is 0 Å². The van der Waals surface area contributed by atoms with E-state index in [0.29, 0.717) is 12.0 Å². The molecule has 0 aliphatic heterocycles. The molecule has 1 atom stereocenters. The molecule has 0 bridgehead atoms. The zero-order valence-corrected chi connectivity index (χ0v) is 12.6. The van der Waals surface area contributed by atoms with Crippen LogP contribution in [0.2, 0.25) is 0 Å². The summed E-state index contributed by atoms with van der Waals surface area (Å²) in [6.45, 7) is 3.73. The van der Waals surface area contributed by atoms with Crippen molar-refractivity contribution in [3.63, 3.8) is 0 Å². The van der Waals surface area contributed by atoms with E-state index in [-0.39, 0.29) is 0 Å². The highest BCUT2D eigenvalue weighted by atomic mass is 19.1. The molecule has 0 saturated heterocycles. The van der Waals surface area contributed by atoms with E-state index >= 15 is 0 Å². The fourth-order valence-electron chi connectivity index (χ4n) is 2.40. The van der Waals surface area contributed by atoms with Gasteiger partial charge in [0.15, 0.2) is 0 Å². The Labute approximate surface area is 126 Å². The molecular formula is C19H20FN. The molecule has 0 saturated carbocycles. The molecule has 0 aliphatic carbocycles. The Bertz CT molecular complexity index is 618. The summed E-state index contributed by atoms with van der Waals surface area (Å²) in [5.41, 5.74) is 2.18. The Morgan fingerprint density at radius 2 is 1.52 bits per heavy atom. The molecule has 2 rings (SSSR count). The second-order valence-corrected chi connectivity index (χ2v) is 5.57. The van der Waals surface area contributed by atoms with Gasteiger partial charge in [0.2, 0.25) is 0 Å². The van der Waals surface area contributed by atoms with Crippen molar-refractivity contribution in [3.8, 4) is 17.2 Å². The van der Waals surface area contributed by atoms with Crippen molar-refractivity contribution in [3.05, 3.63) is 59.7 Å². The largest absolute Gasteiger partial charge is 0.239 e. The summed E-state index contributed by atoms with van der Waals surface area (Å²) < 4.78 is 14.6. The minimum Gasteiger partial charge on any atom is -0.239 e. The molecule has 2 aromatic carbocycles. The van der Waals surface area contributed by atoms with E-state index in [4.69, 9.17) is 5.26 Å². The van der Waals surface area contributed by atoms with Crippen LogP contribution in [0.5, 0.6) is 0 Å². The van der Waals surface area contributed by atoms with E-state index in [2.05, 4.69) is 13.0 Å².